The Balaban J connectivity index is 1.32. The Labute approximate surface area is 385 Å². The van der Waals surface area contributed by atoms with E-state index in [-0.39, 0.29) is 10.5 Å². The molecule has 0 spiro atoms. The third kappa shape index (κ3) is 10.9. The van der Waals surface area contributed by atoms with Crippen molar-refractivity contribution in [2.45, 2.75) is 61.5 Å². The molecule has 1 aliphatic heterocycles. The quantitative estimate of drug-likeness (QED) is 0.0381. The van der Waals surface area contributed by atoms with Crippen LogP contribution in [0.5, 0.6) is 0 Å². The largest absolute Gasteiger partial charge is 0.335 e. The van der Waals surface area contributed by atoms with Crippen LogP contribution in [0.2, 0.25) is 20.1 Å². The number of fused-ring (bicyclic) bond motifs is 2. The molecular weight excluding hydrogens is 925 g/mol. The fourth-order valence-corrected chi connectivity index (χ4v) is 10.8. The lowest BCUT2D eigenvalue weighted by molar-refractivity contribution is -0.669. The van der Waals surface area contributed by atoms with Crippen LogP contribution in [0.4, 0.5) is 17.1 Å². The molecule has 2 atom stereocenters. The van der Waals surface area contributed by atoms with Crippen LogP contribution in [0.25, 0.3) is 16.3 Å². The van der Waals surface area contributed by atoms with Gasteiger partial charge in [-0.1, -0.05) is 136 Å². The van der Waals surface area contributed by atoms with Gasteiger partial charge in [-0.2, -0.15) is 4.57 Å². The van der Waals surface area contributed by atoms with Crippen LogP contribution < -0.4 is 14.4 Å². The standard InChI is InChI=1S/C43H39Cl4N3O6S4/c1-27(59-55-53-51)19-21-48-37-23-33(44)35(46)25-39(37)57-41(48)17-15-29-13-14-30(43(29)50(31-9-5-3-6-10-31)32-11-7-4-8-12-32)16-18-42-49(22-20-28(2)60-56-54-52)38-24-34(45)36(47)26-40(38)58-42/h3-12,15-18,23-28H,13-14,19-22H2,1-2H3,(H-,51,52)/p+1. The van der Waals surface area contributed by atoms with Crippen molar-refractivity contribution in [2.24, 2.45) is 0 Å². The predicted molar refractivity (Wildman–Crippen MR) is 251 cm³/mol. The van der Waals surface area contributed by atoms with Crippen molar-refractivity contribution in [3.63, 3.8) is 0 Å². The number of aromatic nitrogens is 1. The first-order chi connectivity index (χ1) is 29.1. The maximum Gasteiger partial charge on any atom is 0.262 e. The number of aryl methyl sites for hydroxylation is 1. The summed E-state index contributed by atoms with van der Waals surface area (Å²) in [5.74, 6) is 0. The van der Waals surface area contributed by atoms with E-state index in [1.165, 1.54) is 11.1 Å². The molecule has 2 aliphatic rings. The summed E-state index contributed by atoms with van der Waals surface area (Å²) in [4.78, 5) is 5.61. The summed E-state index contributed by atoms with van der Waals surface area (Å²) in [5, 5.41) is 29.2. The summed E-state index contributed by atoms with van der Waals surface area (Å²) in [7, 11) is 0. The number of hydrogen-bond acceptors (Lipinski definition) is 12. The molecule has 2 N–H and O–H groups in total. The molecule has 0 fully saturated rings. The minimum Gasteiger partial charge on any atom is -0.335 e. The van der Waals surface area contributed by atoms with Crippen molar-refractivity contribution < 1.29 is 33.8 Å². The van der Waals surface area contributed by atoms with Crippen LogP contribution in [-0.4, -0.2) is 27.6 Å². The van der Waals surface area contributed by atoms with Gasteiger partial charge in [0.25, 0.3) is 5.01 Å². The zero-order valence-electron chi connectivity index (χ0n) is 32.3. The summed E-state index contributed by atoms with van der Waals surface area (Å²) in [6, 6.07) is 28.5. The number of hydrogen-bond donors (Lipinski definition) is 2. The molecule has 0 radical (unpaired) electrons. The molecule has 1 aromatic heterocycles. The molecule has 2 heterocycles. The monoisotopic (exact) mass is 962 g/mol. The highest BCUT2D eigenvalue weighted by molar-refractivity contribution is 8.03. The van der Waals surface area contributed by atoms with Crippen LogP contribution in [0.15, 0.2) is 130 Å². The summed E-state index contributed by atoms with van der Waals surface area (Å²) in [6.07, 6.45) is 11.9. The van der Waals surface area contributed by atoms with Gasteiger partial charge in [0.15, 0.2) is 6.54 Å². The smallest absolute Gasteiger partial charge is 0.262 e. The molecule has 0 bridgehead atoms. The van der Waals surface area contributed by atoms with Gasteiger partial charge in [0, 0.05) is 76.0 Å². The molecule has 0 amide bonds. The average Bonchev–Trinajstić information content (AvgIpc) is 3.92. The fraction of sp³-hybridized carbons (Fsp3) is 0.233. The topological polar surface area (TPSA) is 87.7 Å². The lowest BCUT2D eigenvalue weighted by atomic mass is 10.1. The highest BCUT2D eigenvalue weighted by atomic mass is 35.5. The van der Waals surface area contributed by atoms with E-state index in [1.54, 1.807) is 23.1 Å². The Morgan fingerprint density at radius 2 is 1.40 bits per heavy atom. The van der Waals surface area contributed by atoms with Crippen LogP contribution in [0, 0.1) is 0 Å². The Morgan fingerprint density at radius 1 is 0.783 bits per heavy atom. The molecule has 9 nitrogen and oxygen atoms in total. The zero-order chi connectivity index (χ0) is 42.2. The van der Waals surface area contributed by atoms with Crippen LogP contribution in [0.1, 0.15) is 44.5 Å². The van der Waals surface area contributed by atoms with Crippen molar-refractivity contribution >= 4 is 127 Å². The van der Waals surface area contributed by atoms with E-state index >= 15 is 0 Å². The van der Waals surface area contributed by atoms with Crippen LogP contribution >= 0.6 is 93.6 Å². The Kier molecular flexibility index (Phi) is 16.3. The Morgan fingerprint density at radius 3 is 2.07 bits per heavy atom. The molecule has 60 heavy (non-hydrogen) atoms. The van der Waals surface area contributed by atoms with Crippen LogP contribution in [-0.2, 0) is 25.3 Å². The van der Waals surface area contributed by atoms with Gasteiger partial charge < -0.3 is 9.80 Å². The van der Waals surface area contributed by atoms with Crippen molar-refractivity contribution in [3.8, 4) is 0 Å². The summed E-state index contributed by atoms with van der Waals surface area (Å²) >= 11 is 31.6. The number of nitrogens with zero attached hydrogens (tertiary/aromatic N) is 3. The second kappa shape index (κ2) is 21.6. The maximum atomic E-state index is 8.70. The first kappa shape index (κ1) is 45.3. The van der Waals surface area contributed by atoms with E-state index in [2.05, 4.69) is 97.3 Å². The average molecular weight is 965 g/mol. The number of allylic oxidation sites excluding steroid dienone is 5. The number of thiazole rings is 1. The molecule has 1 aliphatic carbocycles. The normalized spacial score (nSPS) is 16.6. The van der Waals surface area contributed by atoms with Gasteiger partial charge in [0.2, 0.25) is 5.52 Å². The van der Waals surface area contributed by atoms with E-state index in [0.29, 0.717) is 33.2 Å². The highest BCUT2D eigenvalue weighted by Crippen LogP contribution is 2.50. The lowest BCUT2D eigenvalue weighted by Gasteiger charge is -2.28. The predicted octanol–water partition coefficient (Wildman–Crippen LogP) is 14.8. The molecule has 314 valence electrons. The summed E-state index contributed by atoms with van der Waals surface area (Å²) in [5.41, 5.74) is 7.52. The molecule has 5 aromatic rings. The fourth-order valence-electron chi connectivity index (χ4n) is 7.02. The van der Waals surface area contributed by atoms with Gasteiger partial charge in [-0.3, -0.25) is 0 Å². The molecule has 2 unspecified atom stereocenters. The number of benzene rings is 4. The Bertz CT molecular complexity index is 2380. The minimum absolute atomic E-state index is 0.0309. The van der Waals surface area contributed by atoms with Gasteiger partial charge in [-0.25, -0.2) is 10.5 Å². The second-order valence-electron chi connectivity index (χ2n) is 13.9. The first-order valence-electron chi connectivity index (χ1n) is 18.9. The van der Waals surface area contributed by atoms with E-state index < -0.39 is 0 Å². The third-order valence-electron chi connectivity index (χ3n) is 9.91. The van der Waals surface area contributed by atoms with Gasteiger partial charge in [-0.15, -0.1) is 8.67 Å². The van der Waals surface area contributed by atoms with E-state index in [0.717, 1.165) is 97.7 Å². The molecule has 4 aromatic carbocycles. The van der Waals surface area contributed by atoms with Crippen molar-refractivity contribution in [3.05, 3.63) is 150 Å². The zero-order valence-corrected chi connectivity index (χ0v) is 38.6. The third-order valence-corrected chi connectivity index (χ3v) is 15.0. The summed E-state index contributed by atoms with van der Waals surface area (Å²) < 4.78 is 12.7. The lowest BCUT2D eigenvalue weighted by Crippen LogP contribution is -2.36. The molecule has 17 heteroatoms. The van der Waals surface area contributed by atoms with Crippen LogP contribution in [0.3, 0.4) is 0 Å². The van der Waals surface area contributed by atoms with Crippen molar-refractivity contribution in [1.29, 1.82) is 0 Å². The van der Waals surface area contributed by atoms with Gasteiger partial charge in [0.1, 0.15) is 4.70 Å². The second-order valence-corrected chi connectivity index (χ2v) is 19.9. The molecule has 7 rings (SSSR count). The molecule has 0 saturated heterocycles. The highest BCUT2D eigenvalue weighted by Gasteiger charge is 2.30. The molecular formula is C43H40Cl4N3O6S4+. The van der Waals surface area contributed by atoms with E-state index in [4.69, 9.17) is 65.6 Å². The number of para-hydroxylation sites is 2. The number of rotatable bonds is 18. The number of thioether (sulfide) groups is 1. The van der Waals surface area contributed by atoms with Crippen molar-refractivity contribution in [2.75, 3.05) is 16.3 Å². The van der Waals surface area contributed by atoms with Gasteiger partial charge in [-0.05, 0) is 85.0 Å². The number of anilines is 3. The van der Waals surface area contributed by atoms with E-state index in [9.17, 15) is 0 Å². The van der Waals surface area contributed by atoms with E-state index in [1.807, 2.05) is 50.2 Å². The number of halogens is 4. The van der Waals surface area contributed by atoms with Gasteiger partial charge >= 0.3 is 0 Å². The summed E-state index contributed by atoms with van der Waals surface area (Å²) in [6.45, 7) is 5.35. The minimum atomic E-state index is 0.0309. The maximum absolute atomic E-state index is 8.70. The Hall–Kier alpha value is -2.70. The van der Waals surface area contributed by atoms with Gasteiger partial charge in [0.05, 0.1) is 36.5 Å². The first-order valence-corrected chi connectivity index (χ1v) is 23.7. The SMILES string of the molecule is CC(CCN1/C(=C/C=C2\CCC(/C=C/c3sc4cc(Cl)c(Cl)cc4[n+]3CCC(C)SOOO)=C2N(c2ccccc2)c2ccccc2)Sc2cc(Cl)c(Cl)cc21)SOOO. The molecule has 0 saturated carbocycles. The van der Waals surface area contributed by atoms with Crippen molar-refractivity contribution in [1.82, 2.24) is 0 Å².